The Morgan fingerprint density at radius 1 is 0.871 bits per heavy atom. The van der Waals surface area contributed by atoms with Crippen molar-refractivity contribution in [1.29, 1.82) is 5.26 Å². The molecule has 5 amide bonds. The molecule has 15 heteroatoms. The summed E-state index contributed by atoms with van der Waals surface area (Å²) in [6.07, 6.45) is 3.25. The molecule has 0 radical (unpaired) electrons. The Hall–Kier alpha value is -7.02. The molecule has 4 bridgehead atoms. The van der Waals surface area contributed by atoms with Gasteiger partial charge in [-0.1, -0.05) is 68.5 Å². The van der Waals surface area contributed by atoms with Gasteiger partial charge in [0.1, 0.15) is 54.6 Å². The molecule has 3 atom stereocenters. The van der Waals surface area contributed by atoms with Gasteiger partial charge in [-0.2, -0.15) is 5.26 Å². The minimum atomic E-state index is -1.33. The summed E-state index contributed by atoms with van der Waals surface area (Å²) >= 11 is 0. The van der Waals surface area contributed by atoms with Crippen LogP contribution in [0.4, 0.5) is 0 Å². The normalized spacial score (nSPS) is 16.0. The first-order valence-electron chi connectivity index (χ1n) is 20.5. The first kappa shape index (κ1) is 46.1. The van der Waals surface area contributed by atoms with Gasteiger partial charge in [0.25, 0.3) is 5.91 Å². The van der Waals surface area contributed by atoms with Gasteiger partial charge < -0.3 is 47.1 Å². The molecule has 5 rings (SSSR count). The van der Waals surface area contributed by atoms with Crippen LogP contribution in [0.3, 0.4) is 0 Å². The van der Waals surface area contributed by atoms with E-state index in [0.717, 1.165) is 30.4 Å². The number of nitrogens with zero attached hydrogens (tertiary/aromatic N) is 2. The Kier molecular flexibility index (Phi) is 16.3. The van der Waals surface area contributed by atoms with E-state index in [2.05, 4.69) is 59.0 Å². The molecular formula is C47H54N8O7. The molecule has 0 saturated heterocycles. The largest absolute Gasteiger partial charge is 0.492 e. The number of hydrogen-bond donors (Lipinski definition) is 6. The summed E-state index contributed by atoms with van der Waals surface area (Å²) in [6.45, 7) is 7.38. The van der Waals surface area contributed by atoms with E-state index in [1.54, 1.807) is 54.6 Å². The molecule has 1 heterocycles. The average Bonchev–Trinajstić information content (AvgIpc) is 3.28. The molecule has 0 aliphatic carbocycles. The molecular weight excluding hydrogens is 789 g/mol. The van der Waals surface area contributed by atoms with Crippen LogP contribution in [0.2, 0.25) is 0 Å². The fourth-order valence-electron chi connectivity index (χ4n) is 6.93. The summed E-state index contributed by atoms with van der Waals surface area (Å²) in [5.74, 6) is -2.44. The van der Waals surface area contributed by atoms with E-state index >= 15 is 0 Å². The molecule has 1 aliphatic heterocycles. The Balaban J connectivity index is 1.47. The van der Waals surface area contributed by atoms with Gasteiger partial charge >= 0.3 is 0 Å². The number of hydrogen-bond acceptors (Lipinski definition) is 10. The maximum Gasteiger partial charge on any atom is 0.251 e. The second-order valence-corrected chi connectivity index (χ2v) is 14.9. The molecule has 1 aliphatic rings. The lowest BCUT2D eigenvalue weighted by Crippen LogP contribution is -2.55. The molecule has 0 saturated carbocycles. The van der Waals surface area contributed by atoms with E-state index in [-0.39, 0.29) is 38.4 Å². The van der Waals surface area contributed by atoms with Crippen molar-refractivity contribution in [2.45, 2.75) is 57.7 Å². The second-order valence-electron chi connectivity index (χ2n) is 14.9. The summed E-state index contributed by atoms with van der Waals surface area (Å²) in [6, 6.07) is 23.6. The first-order valence-corrected chi connectivity index (χ1v) is 20.5. The number of ether oxygens (including phenoxy) is 2. The van der Waals surface area contributed by atoms with E-state index in [1.807, 2.05) is 12.1 Å². The molecule has 62 heavy (non-hydrogen) atoms. The Morgan fingerprint density at radius 2 is 1.48 bits per heavy atom. The Bertz CT molecular complexity index is 2310. The van der Waals surface area contributed by atoms with Crippen molar-refractivity contribution in [2.24, 2.45) is 11.5 Å². The summed E-state index contributed by atoms with van der Waals surface area (Å²) in [5.41, 5.74) is 16.9. The van der Waals surface area contributed by atoms with Gasteiger partial charge in [0.15, 0.2) is 0 Å². The van der Waals surface area contributed by atoms with Crippen LogP contribution in [0.15, 0.2) is 97.2 Å². The van der Waals surface area contributed by atoms with Crippen LogP contribution in [-0.4, -0.2) is 86.4 Å². The number of aryl methyl sites for hydroxylation is 1. The van der Waals surface area contributed by atoms with Crippen molar-refractivity contribution < 1.29 is 33.4 Å². The lowest BCUT2D eigenvalue weighted by Gasteiger charge is -2.30. The maximum absolute atomic E-state index is 14.3. The summed E-state index contributed by atoms with van der Waals surface area (Å²) in [5, 5.41) is 19.7. The SMILES string of the molecule is C=C(C#N)NC(=O)C1Cc2ccc(OCCN)c(c2)-c2cc(ccc2OCCN)C(N(C)C(=O)CNC(=O)c2ccc(-c3ccc(CCCC)cc3)cc2)C(=O)N[C@@H](C)C(=O)N1. The number of nitrogens with one attached hydrogen (secondary N) is 4. The minimum absolute atomic E-state index is 0.0253. The third-order valence-corrected chi connectivity index (χ3v) is 10.3. The first-order chi connectivity index (χ1) is 29.9. The number of rotatable bonds is 16. The van der Waals surface area contributed by atoms with Crippen LogP contribution in [0.25, 0.3) is 22.3 Å². The monoisotopic (exact) mass is 842 g/mol. The van der Waals surface area contributed by atoms with Gasteiger partial charge in [-0.05, 0) is 84.0 Å². The third kappa shape index (κ3) is 11.8. The van der Waals surface area contributed by atoms with E-state index in [0.29, 0.717) is 39.3 Å². The number of unbranched alkanes of at least 4 members (excludes halogenated alkanes) is 1. The fraction of sp³-hybridized carbons (Fsp3) is 0.319. The van der Waals surface area contributed by atoms with E-state index in [9.17, 15) is 29.2 Å². The average molecular weight is 843 g/mol. The van der Waals surface area contributed by atoms with Crippen LogP contribution in [-0.2, 0) is 32.0 Å². The minimum Gasteiger partial charge on any atom is -0.492 e. The second kappa shape index (κ2) is 22.0. The number of fused-ring (bicyclic) bond motifs is 5. The van der Waals surface area contributed by atoms with Crippen molar-refractivity contribution >= 4 is 29.5 Å². The number of nitriles is 1. The molecule has 15 nitrogen and oxygen atoms in total. The molecule has 0 spiro atoms. The van der Waals surface area contributed by atoms with Crippen LogP contribution in [0, 0.1) is 11.3 Å². The van der Waals surface area contributed by atoms with Crippen LogP contribution >= 0.6 is 0 Å². The van der Waals surface area contributed by atoms with Crippen LogP contribution in [0.5, 0.6) is 11.5 Å². The number of likely N-dealkylation sites (N-methyl/N-ethyl adjacent to an activating group) is 1. The molecule has 4 aromatic carbocycles. The number of allylic oxidation sites excluding steroid dienone is 1. The highest BCUT2D eigenvalue weighted by Crippen LogP contribution is 2.40. The van der Waals surface area contributed by atoms with Crippen LogP contribution in [0.1, 0.15) is 59.8 Å². The highest BCUT2D eigenvalue weighted by atomic mass is 16.5. The van der Waals surface area contributed by atoms with Gasteiger partial charge in [0.05, 0.1) is 6.54 Å². The summed E-state index contributed by atoms with van der Waals surface area (Å²) in [4.78, 5) is 69.8. The lowest BCUT2D eigenvalue weighted by atomic mass is 9.93. The topological polar surface area (TPSA) is 231 Å². The third-order valence-electron chi connectivity index (χ3n) is 10.3. The quantitative estimate of drug-likeness (QED) is 0.0897. The van der Waals surface area contributed by atoms with E-state index in [4.69, 9.17) is 20.9 Å². The van der Waals surface area contributed by atoms with E-state index < -0.39 is 54.2 Å². The van der Waals surface area contributed by atoms with Gasteiger partial charge in [0.2, 0.25) is 23.6 Å². The van der Waals surface area contributed by atoms with E-state index in [1.165, 1.54) is 24.4 Å². The fourth-order valence-corrected chi connectivity index (χ4v) is 6.93. The Morgan fingerprint density at radius 3 is 2.10 bits per heavy atom. The lowest BCUT2D eigenvalue weighted by molar-refractivity contribution is -0.139. The molecule has 2 unspecified atom stereocenters. The highest BCUT2D eigenvalue weighted by molar-refractivity contribution is 5.98. The van der Waals surface area contributed by atoms with Crippen molar-refractivity contribution in [3.8, 4) is 39.8 Å². The van der Waals surface area contributed by atoms with Crippen molar-refractivity contribution in [3.63, 3.8) is 0 Å². The molecule has 324 valence electrons. The number of carbonyl (C=O) groups is 5. The van der Waals surface area contributed by atoms with Crippen LogP contribution < -0.4 is 42.2 Å². The predicted molar refractivity (Wildman–Crippen MR) is 235 cm³/mol. The number of carbonyl (C=O) groups excluding carboxylic acids is 5. The number of benzene rings is 4. The summed E-state index contributed by atoms with van der Waals surface area (Å²) in [7, 11) is 1.42. The van der Waals surface area contributed by atoms with Crippen molar-refractivity contribution in [1.82, 2.24) is 26.2 Å². The van der Waals surface area contributed by atoms with Gasteiger partial charge in [0, 0.05) is 43.2 Å². The smallest absolute Gasteiger partial charge is 0.251 e. The molecule has 4 aromatic rings. The highest BCUT2D eigenvalue weighted by Gasteiger charge is 2.33. The van der Waals surface area contributed by atoms with Gasteiger partial charge in [-0.3, -0.25) is 24.0 Å². The van der Waals surface area contributed by atoms with Crippen molar-refractivity contribution in [3.05, 3.63) is 119 Å². The molecule has 8 N–H and O–H groups in total. The molecule has 0 aromatic heterocycles. The maximum atomic E-state index is 14.3. The van der Waals surface area contributed by atoms with Gasteiger partial charge in [-0.25, -0.2) is 0 Å². The zero-order valence-corrected chi connectivity index (χ0v) is 35.3. The zero-order chi connectivity index (χ0) is 44.8. The van der Waals surface area contributed by atoms with Gasteiger partial charge in [-0.15, -0.1) is 0 Å². The zero-order valence-electron chi connectivity index (χ0n) is 35.3. The predicted octanol–water partition coefficient (Wildman–Crippen LogP) is 3.67. The number of amides is 5. The molecule has 0 fully saturated rings. The summed E-state index contributed by atoms with van der Waals surface area (Å²) < 4.78 is 12.1. The number of nitrogens with two attached hydrogens (primary N) is 2. The Labute approximate surface area is 361 Å². The van der Waals surface area contributed by atoms with Crippen molar-refractivity contribution in [2.75, 3.05) is 39.9 Å². The standard InChI is InChI=1S/C47H54N8O7/c1-5-6-7-31-8-11-33(12-9-31)34-13-15-35(16-14-34)45(58)51-28-42(56)55(4)43-36-17-19-41(62-23-21-49)38(26-36)37-24-32(10-18-40(37)61-22-20-48)25-39(46(59)52-29(2)27-50)54-44(57)30(3)53-47(43)60/h8-19,24,26,30,39,43H,2,5-7,20-23,25,28,48-49H2,1,3-4H3,(H,51,58)(H,52,59)(H,53,60)(H,54,57)/t30-,39?,43?/m0/s1.